The van der Waals surface area contributed by atoms with Gasteiger partial charge in [-0.05, 0) is 38.1 Å². The second-order valence-electron chi connectivity index (χ2n) is 4.57. The van der Waals surface area contributed by atoms with Crippen LogP contribution in [0.3, 0.4) is 0 Å². The highest BCUT2D eigenvalue weighted by atomic mass is 16.2. The number of hydrogen-bond donors (Lipinski definition) is 1. The van der Waals surface area contributed by atoms with Crippen LogP contribution in [0.25, 0.3) is 11.4 Å². The molecule has 0 unspecified atom stereocenters. The van der Waals surface area contributed by atoms with Gasteiger partial charge in [-0.1, -0.05) is 0 Å². The largest absolute Gasteiger partial charge is 0.399 e. The summed E-state index contributed by atoms with van der Waals surface area (Å²) in [6.45, 7) is 5.72. The molecule has 0 aliphatic heterocycles. The molecule has 2 rings (SSSR count). The molecule has 2 aromatic rings. The minimum absolute atomic E-state index is 0.102. The molecule has 0 aliphatic rings. The monoisotopic (exact) mass is 272 g/mol. The van der Waals surface area contributed by atoms with Crippen molar-refractivity contribution in [3.63, 3.8) is 0 Å². The molecule has 0 saturated carbocycles. The van der Waals surface area contributed by atoms with E-state index in [2.05, 4.69) is 4.98 Å². The Bertz CT molecular complexity index is 570. The molecule has 0 fully saturated rings. The summed E-state index contributed by atoms with van der Waals surface area (Å²) in [4.78, 5) is 18.3. The van der Waals surface area contributed by atoms with E-state index >= 15 is 0 Å². The average Bonchev–Trinajstić information content (AvgIpc) is 2.89. The molecule has 1 aromatic carbocycles. The zero-order valence-electron chi connectivity index (χ0n) is 11.9. The number of amides is 1. The van der Waals surface area contributed by atoms with Gasteiger partial charge in [0.1, 0.15) is 12.4 Å². The number of benzene rings is 1. The molecular formula is C15H20N4O. The lowest BCUT2D eigenvalue weighted by Crippen LogP contribution is -2.33. The van der Waals surface area contributed by atoms with Crippen molar-refractivity contribution in [2.45, 2.75) is 20.4 Å². The molecule has 1 aromatic heterocycles. The molecule has 0 saturated heterocycles. The third kappa shape index (κ3) is 2.99. The molecule has 20 heavy (non-hydrogen) atoms. The summed E-state index contributed by atoms with van der Waals surface area (Å²) in [5, 5.41) is 0. The minimum Gasteiger partial charge on any atom is -0.399 e. The molecule has 1 heterocycles. The van der Waals surface area contributed by atoms with Crippen LogP contribution in [0.2, 0.25) is 0 Å². The third-order valence-corrected chi connectivity index (χ3v) is 3.31. The van der Waals surface area contributed by atoms with E-state index in [4.69, 9.17) is 5.73 Å². The first-order valence-electron chi connectivity index (χ1n) is 6.80. The Morgan fingerprint density at radius 2 is 1.90 bits per heavy atom. The van der Waals surface area contributed by atoms with Gasteiger partial charge in [-0.2, -0.15) is 0 Å². The van der Waals surface area contributed by atoms with Gasteiger partial charge < -0.3 is 15.2 Å². The van der Waals surface area contributed by atoms with E-state index < -0.39 is 0 Å². The van der Waals surface area contributed by atoms with Gasteiger partial charge >= 0.3 is 0 Å². The number of hydrogen-bond acceptors (Lipinski definition) is 3. The Hall–Kier alpha value is -2.30. The van der Waals surface area contributed by atoms with Crippen LogP contribution in [0.1, 0.15) is 13.8 Å². The van der Waals surface area contributed by atoms with E-state index in [1.165, 1.54) is 0 Å². The molecule has 0 radical (unpaired) electrons. The maximum Gasteiger partial charge on any atom is 0.242 e. The van der Waals surface area contributed by atoms with Gasteiger partial charge in [0, 0.05) is 36.7 Å². The van der Waals surface area contributed by atoms with Gasteiger partial charge in [0.15, 0.2) is 0 Å². The predicted molar refractivity (Wildman–Crippen MR) is 80.0 cm³/mol. The zero-order chi connectivity index (χ0) is 14.5. The van der Waals surface area contributed by atoms with E-state index in [0.29, 0.717) is 12.2 Å². The number of likely N-dealkylation sites (N-methyl/N-ethyl adjacent to an activating group) is 1. The number of nitrogens with zero attached hydrogens (tertiary/aromatic N) is 3. The summed E-state index contributed by atoms with van der Waals surface area (Å²) in [6, 6.07) is 7.49. The lowest BCUT2D eigenvalue weighted by molar-refractivity contribution is -0.131. The molecular weight excluding hydrogens is 252 g/mol. The molecule has 0 atom stereocenters. The first-order chi connectivity index (χ1) is 9.65. The Balaban J connectivity index is 2.21. The van der Waals surface area contributed by atoms with Crippen molar-refractivity contribution in [2.75, 3.05) is 18.8 Å². The van der Waals surface area contributed by atoms with Crippen molar-refractivity contribution in [3.05, 3.63) is 36.7 Å². The van der Waals surface area contributed by atoms with Crippen LogP contribution in [-0.4, -0.2) is 33.4 Å². The summed E-state index contributed by atoms with van der Waals surface area (Å²) in [7, 11) is 0. The fraction of sp³-hybridized carbons (Fsp3) is 0.333. The highest BCUT2D eigenvalue weighted by molar-refractivity contribution is 5.76. The first kappa shape index (κ1) is 14.1. The molecule has 106 valence electrons. The van der Waals surface area contributed by atoms with Crippen molar-refractivity contribution < 1.29 is 4.79 Å². The number of aromatic nitrogens is 2. The first-order valence-corrected chi connectivity index (χ1v) is 6.80. The van der Waals surface area contributed by atoms with E-state index in [9.17, 15) is 4.79 Å². The summed E-state index contributed by atoms with van der Waals surface area (Å²) in [6.07, 6.45) is 3.54. The smallest absolute Gasteiger partial charge is 0.242 e. The SMILES string of the molecule is CCN(CC)C(=O)Cn1ccnc1-c1ccc(N)cc1. The molecule has 5 heteroatoms. The fourth-order valence-corrected chi connectivity index (χ4v) is 2.15. The van der Waals surface area contributed by atoms with Crippen molar-refractivity contribution in [1.82, 2.24) is 14.5 Å². The van der Waals surface area contributed by atoms with Crippen LogP contribution in [0.5, 0.6) is 0 Å². The van der Waals surface area contributed by atoms with E-state index in [-0.39, 0.29) is 5.91 Å². The van der Waals surface area contributed by atoms with Crippen molar-refractivity contribution in [3.8, 4) is 11.4 Å². The Morgan fingerprint density at radius 1 is 1.25 bits per heavy atom. The summed E-state index contributed by atoms with van der Waals surface area (Å²) < 4.78 is 1.87. The quantitative estimate of drug-likeness (QED) is 0.847. The standard InChI is InChI=1S/C15H20N4O/c1-3-18(4-2)14(20)11-19-10-9-17-15(19)12-5-7-13(16)8-6-12/h5-10H,3-4,11,16H2,1-2H3. The number of nitrogens with two attached hydrogens (primary N) is 1. The molecule has 1 amide bonds. The van der Waals surface area contributed by atoms with Gasteiger partial charge in [0.25, 0.3) is 0 Å². The summed E-state index contributed by atoms with van der Waals surface area (Å²) in [5.41, 5.74) is 7.36. The highest BCUT2D eigenvalue weighted by Crippen LogP contribution is 2.19. The average molecular weight is 272 g/mol. The second kappa shape index (κ2) is 6.23. The maximum atomic E-state index is 12.2. The second-order valence-corrected chi connectivity index (χ2v) is 4.57. The molecule has 5 nitrogen and oxygen atoms in total. The van der Waals surface area contributed by atoms with Crippen LogP contribution >= 0.6 is 0 Å². The van der Waals surface area contributed by atoms with Crippen molar-refractivity contribution in [2.24, 2.45) is 0 Å². The predicted octanol–water partition coefficient (Wildman–Crippen LogP) is 2.00. The number of imidazole rings is 1. The Labute approximate surface area is 119 Å². The molecule has 0 bridgehead atoms. The fourth-order valence-electron chi connectivity index (χ4n) is 2.15. The third-order valence-electron chi connectivity index (χ3n) is 3.31. The van der Waals surface area contributed by atoms with Gasteiger partial charge in [0.05, 0.1) is 0 Å². The van der Waals surface area contributed by atoms with Gasteiger partial charge in [0.2, 0.25) is 5.91 Å². The maximum absolute atomic E-state index is 12.2. The number of carbonyl (C=O) groups is 1. The van der Waals surface area contributed by atoms with Crippen LogP contribution < -0.4 is 5.73 Å². The number of nitrogen functional groups attached to an aromatic ring is 1. The topological polar surface area (TPSA) is 64.2 Å². The summed E-state index contributed by atoms with van der Waals surface area (Å²) >= 11 is 0. The van der Waals surface area contributed by atoms with Crippen molar-refractivity contribution >= 4 is 11.6 Å². The van der Waals surface area contributed by atoms with Gasteiger partial charge in [-0.25, -0.2) is 4.98 Å². The lowest BCUT2D eigenvalue weighted by atomic mass is 10.2. The van der Waals surface area contributed by atoms with Gasteiger partial charge in [-0.15, -0.1) is 0 Å². The molecule has 2 N–H and O–H groups in total. The van der Waals surface area contributed by atoms with Crippen LogP contribution in [0, 0.1) is 0 Å². The number of rotatable bonds is 5. The summed E-state index contributed by atoms with van der Waals surface area (Å²) in [5.74, 6) is 0.884. The highest BCUT2D eigenvalue weighted by Gasteiger charge is 2.13. The Morgan fingerprint density at radius 3 is 2.50 bits per heavy atom. The van der Waals surface area contributed by atoms with E-state index in [1.54, 1.807) is 6.20 Å². The molecule has 0 spiro atoms. The molecule has 0 aliphatic carbocycles. The minimum atomic E-state index is 0.102. The number of carbonyl (C=O) groups excluding carboxylic acids is 1. The lowest BCUT2D eigenvalue weighted by Gasteiger charge is -2.19. The number of anilines is 1. The van der Waals surface area contributed by atoms with Crippen LogP contribution in [0.15, 0.2) is 36.7 Å². The van der Waals surface area contributed by atoms with Crippen LogP contribution in [-0.2, 0) is 11.3 Å². The van der Waals surface area contributed by atoms with E-state index in [1.807, 2.05) is 53.8 Å². The van der Waals surface area contributed by atoms with Crippen LogP contribution in [0.4, 0.5) is 5.69 Å². The van der Waals surface area contributed by atoms with Gasteiger partial charge in [-0.3, -0.25) is 4.79 Å². The normalized spacial score (nSPS) is 10.5. The van der Waals surface area contributed by atoms with E-state index in [0.717, 1.165) is 24.5 Å². The Kier molecular flexibility index (Phi) is 4.40. The zero-order valence-corrected chi connectivity index (χ0v) is 11.9. The van der Waals surface area contributed by atoms with Crippen molar-refractivity contribution in [1.29, 1.82) is 0 Å².